The lowest BCUT2D eigenvalue weighted by molar-refractivity contribution is 0.0958. The summed E-state index contributed by atoms with van der Waals surface area (Å²) >= 11 is 0. The average molecular weight is 424 g/mol. The number of aromatic nitrogens is 3. The Morgan fingerprint density at radius 3 is 2.87 bits per heavy atom. The molecule has 0 bridgehead atoms. The standard InChI is InChI=1S/C23H28N6O2/c1-4-17-10-20-21(27-22(17)30)9-16(11-25-20)14-28-7-8-29(15(2)13-28)18-5-6-19(26-12-18)23(31)24-3/h5-6,9-12,15H,4,7-8,13-14H2,1-3H3,(H,24,31)(H,27,30)/t15-/m1/s1/i3D3. The number of carbonyl (C=O) groups is 1. The maximum atomic E-state index is 12.1. The van der Waals surface area contributed by atoms with Crippen molar-refractivity contribution in [3.63, 3.8) is 0 Å². The third-order valence-electron chi connectivity index (χ3n) is 5.75. The molecule has 2 N–H and O–H groups in total. The second-order valence-corrected chi connectivity index (χ2v) is 7.89. The Kier molecular flexibility index (Phi) is 4.97. The largest absolute Gasteiger partial charge is 0.365 e. The van der Waals surface area contributed by atoms with Crippen LogP contribution in [0.2, 0.25) is 0 Å². The molecular weight excluding hydrogens is 392 g/mol. The topological polar surface area (TPSA) is 94.2 Å². The van der Waals surface area contributed by atoms with Crippen LogP contribution < -0.4 is 15.8 Å². The highest BCUT2D eigenvalue weighted by Gasteiger charge is 2.24. The van der Waals surface area contributed by atoms with E-state index < -0.39 is 12.9 Å². The van der Waals surface area contributed by atoms with Gasteiger partial charge in [-0.3, -0.25) is 19.5 Å². The van der Waals surface area contributed by atoms with E-state index in [-0.39, 0.29) is 17.3 Å². The van der Waals surface area contributed by atoms with Crippen molar-refractivity contribution in [3.05, 3.63) is 63.8 Å². The van der Waals surface area contributed by atoms with Crippen molar-refractivity contribution in [2.45, 2.75) is 32.9 Å². The van der Waals surface area contributed by atoms with Crippen molar-refractivity contribution < 1.29 is 8.91 Å². The molecule has 1 saturated heterocycles. The van der Waals surface area contributed by atoms with Crippen LogP contribution in [0.15, 0.2) is 41.5 Å². The summed E-state index contributed by atoms with van der Waals surface area (Å²) in [4.78, 5) is 40.3. The van der Waals surface area contributed by atoms with Crippen LogP contribution in [0.25, 0.3) is 11.0 Å². The molecule has 162 valence electrons. The van der Waals surface area contributed by atoms with E-state index in [9.17, 15) is 9.59 Å². The van der Waals surface area contributed by atoms with E-state index in [2.05, 4.69) is 31.7 Å². The first kappa shape index (κ1) is 17.4. The molecule has 8 nitrogen and oxygen atoms in total. The van der Waals surface area contributed by atoms with Gasteiger partial charge in [0, 0.05) is 55.1 Å². The molecular formula is C23H28N6O2. The number of carbonyl (C=O) groups excluding carboxylic acids is 1. The Morgan fingerprint density at radius 2 is 2.16 bits per heavy atom. The predicted octanol–water partition coefficient (Wildman–Crippen LogP) is 1.95. The summed E-state index contributed by atoms with van der Waals surface area (Å²) in [5, 5.41) is 1.95. The van der Waals surface area contributed by atoms with Gasteiger partial charge in [-0.05, 0) is 43.2 Å². The molecule has 3 aromatic heterocycles. The van der Waals surface area contributed by atoms with Crippen LogP contribution in [0.4, 0.5) is 5.69 Å². The van der Waals surface area contributed by atoms with Crippen molar-refractivity contribution in [1.82, 2.24) is 25.2 Å². The highest BCUT2D eigenvalue weighted by Crippen LogP contribution is 2.21. The highest BCUT2D eigenvalue weighted by atomic mass is 16.1. The quantitative estimate of drug-likeness (QED) is 0.652. The first-order chi connectivity index (χ1) is 16.1. The molecule has 1 amide bonds. The number of hydrogen-bond donors (Lipinski definition) is 2. The number of nitrogens with zero attached hydrogens (tertiary/aromatic N) is 4. The number of aryl methyl sites for hydroxylation is 1. The summed E-state index contributed by atoms with van der Waals surface area (Å²) in [6, 6.07) is 7.39. The number of anilines is 1. The van der Waals surface area contributed by atoms with E-state index in [4.69, 9.17) is 4.11 Å². The van der Waals surface area contributed by atoms with E-state index in [1.807, 2.05) is 30.6 Å². The molecule has 1 atom stereocenters. The minimum absolute atomic E-state index is 0.0632. The van der Waals surface area contributed by atoms with Crippen LogP contribution in [-0.4, -0.2) is 58.4 Å². The Bertz CT molecular complexity index is 1240. The summed E-state index contributed by atoms with van der Waals surface area (Å²) in [6.45, 7) is 4.69. The predicted molar refractivity (Wildman–Crippen MR) is 121 cm³/mol. The SMILES string of the molecule is [2H]C([2H])([2H])NC(=O)c1ccc(N2CCN(Cc3cnc4cc(CC)c(=O)[nH]c4c3)C[C@H]2C)cn1. The van der Waals surface area contributed by atoms with Crippen molar-refractivity contribution in [3.8, 4) is 0 Å². The van der Waals surface area contributed by atoms with Crippen LogP contribution in [-0.2, 0) is 13.0 Å². The molecule has 8 heteroatoms. The number of piperazine rings is 1. The van der Waals surface area contributed by atoms with Crippen molar-refractivity contribution in [1.29, 1.82) is 0 Å². The lowest BCUT2D eigenvalue weighted by Crippen LogP contribution is -2.51. The van der Waals surface area contributed by atoms with Gasteiger partial charge in [-0.25, -0.2) is 4.98 Å². The van der Waals surface area contributed by atoms with Gasteiger partial charge in [-0.1, -0.05) is 6.92 Å². The van der Waals surface area contributed by atoms with Gasteiger partial charge >= 0.3 is 0 Å². The number of fused-ring (bicyclic) bond motifs is 1. The second-order valence-electron chi connectivity index (χ2n) is 7.89. The van der Waals surface area contributed by atoms with Gasteiger partial charge in [-0.15, -0.1) is 0 Å². The molecule has 1 aliphatic heterocycles. The van der Waals surface area contributed by atoms with Gasteiger partial charge in [0.05, 0.1) is 22.9 Å². The van der Waals surface area contributed by atoms with Crippen molar-refractivity contribution in [2.75, 3.05) is 31.5 Å². The number of H-pyrrole nitrogens is 1. The lowest BCUT2D eigenvalue weighted by Gasteiger charge is -2.41. The number of amides is 1. The first-order valence-electron chi connectivity index (χ1n) is 11.9. The molecule has 4 rings (SSSR count). The smallest absolute Gasteiger partial charge is 0.269 e. The summed E-state index contributed by atoms with van der Waals surface area (Å²) in [6.07, 6.45) is 4.14. The Morgan fingerprint density at radius 1 is 1.29 bits per heavy atom. The van der Waals surface area contributed by atoms with Crippen LogP contribution in [0.3, 0.4) is 0 Å². The van der Waals surface area contributed by atoms with Crippen LogP contribution in [0.5, 0.6) is 0 Å². The van der Waals surface area contributed by atoms with E-state index in [1.54, 1.807) is 18.3 Å². The van der Waals surface area contributed by atoms with Gasteiger partial charge in [0.2, 0.25) is 0 Å². The number of hydrogen-bond acceptors (Lipinski definition) is 6. The first-order valence-corrected chi connectivity index (χ1v) is 10.4. The zero-order chi connectivity index (χ0) is 24.5. The monoisotopic (exact) mass is 423 g/mol. The molecule has 31 heavy (non-hydrogen) atoms. The van der Waals surface area contributed by atoms with Gasteiger partial charge in [0.25, 0.3) is 11.5 Å². The number of pyridine rings is 3. The third kappa shape index (κ3) is 4.44. The molecule has 4 heterocycles. The molecule has 0 aromatic carbocycles. The molecule has 0 aliphatic carbocycles. The average Bonchev–Trinajstić information content (AvgIpc) is 2.78. The molecule has 0 saturated carbocycles. The van der Waals surface area contributed by atoms with Crippen LogP contribution in [0.1, 0.15) is 39.6 Å². The fourth-order valence-corrected chi connectivity index (χ4v) is 4.09. The summed E-state index contributed by atoms with van der Waals surface area (Å²) in [5.41, 5.74) is 4.21. The van der Waals surface area contributed by atoms with Crippen LogP contribution >= 0.6 is 0 Å². The second kappa shape index (κ2) is 8.85. The van der Waals surface area contributed by atoms with Crippen molar-refractivity contribution >= 4 is 22.6 Å². The van der Waals surface area contributed by atoms with E-state index in [1.165, 1.54) is 0 Å². The number of nitrogens with one attached hydrogen (secondary N) is 2. The highest BCUT2D eigenvalue weighted by molar-refractivity contribution is 5.92. The number of rotatable bonds is 5. The third-order valence-corrected chi connectivity index (χ3v) is 5.75. The zero-order valence-electron chi connectivity index (χ0n) is 20.7. The van der Waals surface area contributed by atoms with Gasteiger partial charge < -0.3 is 15.2 Å². The molecule has 0 radical (unpaired) electrons. The summed E-state index contributed by atoms with van der Waals surface area (Å²) in [5.74, 6) is -0.722. The van der Waals surface area contributed by atoms with Gasteiger partial charge in [-0.2, -0.15) is 0 Å². The Hall–Kier alpha value is -3.26. The molecule has 0 unspecified atom stereocenters. The fraction of sp³-hybridized carbons (Fsp3) is 0.391. The maximum Gasteiger partial charge on any atom is 0.269 e. The molecule has 3 aromatic rings. The summed E-state index contributed by atoms with van der Waals surface area (Å²) in [7, 11) is 0. The van der Waals surface area contributed by atoms with Crippen molar-refractivity contribution in [2.24, 2.45) is 0 Å². The minimum Gasteiger partial charge on any atom is -0.365 e. The van der Waals surface area contributed by atoms with Gasteiger partial charge in [0.1, 0.15) is 5.69 Å². The molecule has 1 aliphatic rings. The van der Waals surface area contributed by atoms with E-state index in [0.29, 0.717) is 6.42 Å². The fourth-order valence-electron chi connectivity index (χ4n) is 4.09. The van der Waals surface area contributed by atoms with Gasteiger partial charge in [0.15, 0.2) is 0 Å². The van der Waals surface area contributed by atoms with E-state index in [0.717, 1.165) is 54.0 Å². The Labute approximate surface area is 185 Å². The zero-order valence-corrected chi connectivity index (χ0v) is 17.7. The number of aromatic amines is 1. The minimum atomic E-state index is -2.55. The Balaban J connectivity index is 1.39. The molecule has 1 fully saturated rings. The molecule has 0 spiro atoms. The summed E-state index contributed by atoms with van der Waals surface area (Å²) < 4.78 is 21.4. The van der Waals surface area contributed by atoms with E-state index >= 15 is 0 Å². The normalized spacial score (nSPS) is 19.0. The lowest BCUT2D eigenvalue weighted by atomic mass is 10.1. The van der Waals surface area contributed by atoms with Crippen LogP contribution in [0, 0.1) is 0 Å². The maximum absolute atomic E-state index is 12.1.